The van der Waals surface area contributed by atoms with E-state index in [1.165, 1.54) is 0 Å². The van der Waals surface area contributed by atoms with Crippen molar-refractivity contribution in [2.45, 2.75) is 25.8 Å². The Bertz CT molecular complexity index is 557. The average molecular weight is 316 g/mol. The number of benzene rings is 1. The van der Waals surface area contributed by atoms with E-state index in [4.69, 9.17) is 29.0 Å². The predicted octanol–water partition coefficient (Wildman–Crippen LogP) is 3.38. The lowest BCUT2D eigenvalue weighted by Gasteiger charge is -2.14. The van der Waals surface area contributed by atoms with E-state index in [1.807, 2.05) is 24.4 Å². The first-order valence-corrected chi connectivity index (χ1v) is 7.53. The zero-order chi connectivity index (χ0) is 13.8. The van der Waals surface area contributed by atoms with Crippen molar-refractivity contribution in [3.63, 3.8) is 0 Å². The Hall–Kier alpha value is -0.650. The first kappa shape index (κ1) is 14.8. The summed E-state index contributed by atoms with van der Waals surface area (Å²) in [5, 5.41) is 4.26. The Morgan fingerprint density at radius 3 is 2.68 bits per heavy atom. The fraction of sp³-hybridized carbons (Fsp3) is 0.308. The molecule has 0 spiro atoms. The van der Waals surface area contributed by atoms with Crippen LogP contribution < -0.4 is 11.3 Å². The molecule has 2 aromatic rings. The molecular weight excluding hydrogens is 301 g/mol. The Morgan fingerprint density at radius 2 is 2.11 bits per heavy atom. The highest BCUT2D eigenvalue weighted by atomic mass is 35.5. The van der Waals surface area contributed by atoms with Crippen LogP contribution in [0.25, 0.3) is 0 Å². The number of aromatic nitrogens is 1. The Balaban J connectivity index is 2.04. The van der Waals surface area contributed by atoms with Crippen molar-refractivity contribution in [2.24, 2.45) is 5.84 Å². The average Bonchev–Trinajstić information content (AvgIpc) is 2.78. The summed E-state index contributed by atoms with van der Waals surface area (Å²) in [5.41, 5.74) is 4.98. The highest BCUT2D eigenvalue weighted by Gasteiger charge is 2.12. The fourth-order valence-corrected chi connectivity index (χ4v) is 3.02. The van der Waals surface area contributed by atoms with Gasteiger partial charge in [-0.25, -0.2) is 4.98 Å². The first-order valence-electron chi connectivity index (χ1n) is 5.89. The zero-order valence-electron chi connectivity index (χ0n) is 10.5. The Morgan fingerprint density at radius 1 is 1.32 bits per heavy atom. The quantitative estimate of drug-likeness (QED) is 0.657. The highest BCUT2D eigenvalue weighted by Crippen LogP contribution is 2.23. The molecule has 0 saturated heterocycles. The molecule has 0 aliphatic heterocycles. The highest BCUT2D eigenvalue weighted by molar-refractivity contribution is 7.09. The molecule has 0 amide bonds. The molecule has 0 radical (unpaired) electrons. The second-order valence-electron chi connectivity index (χ2n) is 4.40. The molecule has 0 aliphatic carbocycles. The minimum absolute atomic E-state index is 0.128. The van der Waals surface area contributed by atoms with E-state index in [0.717, 1.165) is 29.1 Å². The van der Waals surface area contributed by atoms with Crippen molar-refractivity contribution in [3.05, 3.63) is 49.9 Å². The number of hydrazine groups is 1. The van der Waals surface area contributed by atoms with Crippen LogP contribution in [0.5, 0.6) is 0 Å². The number of rotatable bonds is 5. The Labute approximate surface area is 126 Å². The molecule has 6 heteroatoms. The van der Waals surface area contributed by atoms with Gasteiger partial charge in [-0.1, -0.05) is 29.3 Å². The number of nitrogens with two attached hydrogens (primary N) is 1. The van der Waals surface area contributed by atoms with E-state index < -0.39 is 0 Å². The standard InChI is InChI=1S/C13H15Cl2N3S/c1-8-7-19-13(17-8)6-10(18-16)4-9-2-3-11(14)12(15)5-9/h2-3,5,7,10,18H,4,6,16H2,1H3. The van der Waals surface area contributed by atoms with Crippen LogP contribution in [-0.2, 0) is 12.8 Å². The van der Waals surface area contributed by atoms with Crippen molar-refractivity contribution in [1.29, 1.82) is 0 Å². The molecule has 102 valence electrons. The molecule has 3 N–H and O–H groups in total. The lowest BCUT2D eigenvalue weighted by Crippen LogP contribution is -2.38. The van der Waals surface area contributed by atoms with E-state index in [9.17, 15) is 0 Å². The second-order valence-corrected chi connectivity index (χ2v) is 6.16. The van der Waals surface area contributed by atoms with Crippen molar-refractivity contribution in [2.75, 3.05) is 0 Å². The van der Waals surface area contributed by atoms with E-state index in [2.05, 4.69) is 10.4 Å². The van der Waals surface area contributed by atoms with Crippen molar-refractivity contribution in [3.8, 4) is 0 Å². The van der Waals surface area contributed by atoms with Crippen LogP contribution in [0.1, 0.15) is 16.3 Å². The maximum Gasteiger partial charge on any atom is 0.0944 e. The molecule has 1 aromatic carbocycles. The normalized spacial score (nSPS) is 12.6. The van der Waals surface area contributed by atoms with Gasteiger partial charge in [0.2, 0.25) is 0 Å². The molecule has 0 saturated carbocycles. The van der Waals surface area contributed by atoms with Crippen LogP contribution in [0.2, 0.25) is 10.0 Å². The molecule has 0 aliphatic rings. The van der Waals surface area contributed by atoms with E-state index in [0.29, 0.717) is 10.0 Å². The number of nitrogens with zero attached hydrogens (tertiary/aromatic N) is 1. The summed E-state index contributed by atoms with van der Waals surface area (Å²) in [6.07, 6.45) is 1.58. The maximum absolute atomic E-state index is 6.01. The van der Waals surface area contributed by atoms with Gasteiger partial charge in [0.15, 0.2) is 0 Å². The van der Waals surface area contributed by atoms with E-state index >= 15 is 0 Å². The van der Waals surface area contributed by atoms with Crippen LogP contribution in [0.4, 0.5) is 0 Å². The van der Waals surface area contributed by atoms with Gasteiger partial charge >= 0.3 is 0 Å². The van der Waals surface area contributed by atoms with Crippen LogP contribution in [0.3, 0.4) is 0 Å². The maximum atomic E-state index is 6.01. The number of hydrogen-bond donors (Lipinski definition) is 2. The summed E-state index contributed by atoms with van der Waals surface area (Å²) in [6.45, 7) is 1.99. The van der Waals surface area contributed by atoms with Crippen LogP contribution >= 0.6 is 34.5 Å². The predicted molar refractivity (Wildman–Crippen MR) is 81.8 cm³/mol. The summed E-state index contributed by atoms with van der Waals surface area (Å²) >= 11 is 13.6. The molecule has 3 nitrogen and oxygen atoms in total. The second kappa shape index (κ2) is 6.68. The monoisotopic (exact) mass is 315 g/mol. The van der Waals surface area contributed by atoms with Crippen LogP contribution in [0.15, 0.2) is 23.6 Å². The van der Waals surface area contributed by atoms with Gasteiger partial charge in [0, 0.05) is 23.5 Å². The number of hydrogen-bond acceptors (Lipinski definition) is 4. The van der Waals surface area contributed by atoms with Gasteiger partial charge in [-0.2, -0.15) is 0 Å². The molecule has 0 fully saturated rings. The van der Waals surface area contributed by atoms with Crippen LogP contribution in [0, 0.1) is 6.92 Å². The number of halogens is 2. The third-order valence-corrected chi connectivity index (χ3v) is 4.52. The molecule has 19 heavy (non-hydrogen) atoms. The number of nitrogens with one attached hydrogen (secondary N) is 1. The lowest BCUT2D eigenvalue weighted by atomic mass is 10.0. The molecule has 1 aromatic heterocycles. The van der Waals surface area contributed by atoms with Crippen molar-refractivity contribution in [1.82, 2.24) is 10.4 Å². The summed E-state index contributed by atoms with van der Waals surface area (Å²) in [7, 11) is 0. The van der Waals surface area contributed by atoms with Gasteiger partial charge in [0.25, 0.3) is 0 Å². The Kier molecular flexibility index (Phi) is 5.19. The smallest absolute Gasteiger partial charge is 0.0944 e. The number of aryl methyl sites for hydroxylation is 1. The number of thiazole rings is 1. The topological polar surface area (TPSA) is 50.9 Å². The molecule has 1 unspecified atom stereocenters. The minimum Gasteiger partial charge on any atom is -0.271 e. The summed E-state index contributed by atoms with van der Waals surface area (Å²) in [4.78, 5) is 4.45. The SMILES string of the molecule is Cc1csc(CC(Cc2ccc(Cl)c(Cl)c2)NN)n1. The molecule has 1 atom stereocenters. The van der Waals surface area contributed by atoms with Crippen molar-refractivity contribution >= 4 is 34.5 Å². The van der Waals surface area contributed by atoms with Gasteiger partial charge in [-0.05, 0) is 31.0 Å². The third-order valence-electron chi connectivity index (χ3n) is 2.79. The fourth-order valence-electron chi connectivity index (χ4n) is 1.85. The van der Waals surface area contributed by atoms with E-state index in [1.54, 1.807) is 17.4 Å². The van der Waals surface area contributed by atoms with Gasteiger partial charge in [-0.15, -0.1) is 11.3 Å². The van der Waals surface area contributed by atoms with Gasteiger partial charge in [-0.3, -0.25) is 11.3 Å². The van der Waals surface area contributed by atoms with Gasteiger partial charge in [0.1, 0.15) is 0 Å². The summed E-state index contributed by atoms with van der Waals surface area (Å²) < 4.78 is 0. The summed E-state index contributed by atoms with van der Waals surface area (Å²) in [5.74, 6) is 5.61. The largest absolute Gasteiger partial charge is 0.271 e. The molecule has 0 bridgehead atoms. The first-order chi connectivity index (χ1) is 9.08. The molecular formula is C13H15Cl2N3S. The van der Waals surface area contributed by atoms with E-state index in [-0.39, 0.29) is 6.04 Å². The third kappa shape index (κ3) is 4.16. The van der Waals surface area contributed by atoms with Crippen LogP contribution in [-0.4, -0.2) is 11.0 Å². The zero-order valence-corrected chi connectivity index (χ0v) is 12.8. The molecule has 2 rings (SSSR count). The van der Waals surface area contributed by atoms with Gasteiger partial charge < -0.3 is 0 Å². The van der Waals surface area contributed by atoms with Gasteiger partial charge in [0.05, 0.1) is 15.1 Å². The summed E-state index contributed by atoms with van der Waals surface area (Å²) in [6, 6.07) is 5.77. The molecule has 1 heterocycles. The lowest BCUT2D eigenvalue weighted by molar-refractivity contribution is 0.521. The minimum atomic E-state index is 0.128. The van der Waals surface area contributed by atoms with Crippen molar-refractivity contribution < 1.29 is 0 Å².